The molecule has 0 saturated heterocycles. The van der Waals surface area contributed by atoms with Crippen LogP contribution in [0.5, 0.6) is 11.5 Å². The van der Waals surface area contributed by atoms with Crippen molar-refractivity contribution in [2.24, 2.45) is 5.41 Å². The Morgan fingerprint density at radius 2 is 1.76 bits per heavy atom. The highest BCUT2D eigenvalue weighted by Gasteiger charge is 2.24. The van der Waals surface area contributed by atoms with Crippen LogP contribution in [0.15, 0.2) is 48.5 Å². The third kappa shape index (κ3) is 5.52. The molecule has 0 radical (unpaired) electrons. The average molecular weight is 341 g/mol. The standard InChI is InChI=1S/C21H27NO3/c1-21(2,3)20(22-15-23)13-17-10-11-18(24-4)19(12-17)25-14-16-8-6-5-7-9-16/h5-12,15,20H,13-14H2,1-4H3,(H,22,23)/t20-/m0/s1. The minimum absolute atomic E-state index is 0.0358. The molecule has 1 amide bonds. The Labute approximate surface area is 150 Å². The van der Waals surface area contributed by atoms with E-state index in [9.17, 15) is 4.79 Å². The maximum Gasteiger partial charge on any atom is 0.207 e. The number of nitrogens with one attached hydrogen (secondary N) is 1. The first kappa shape index (κ1) is 18.8. The van der Waals surface area contributed by atoms with E-state index in [1.807, 2.05) is 48.5 Å². The molecule has 0 bridgehead atoms. The summed E-state index contributed by atoms with van der Waals surface area (Å²) in [4.78, 5) is 10.9. The molecule has 2 rings (SSSR count). The molecular weight excluding hydrogens is 314 g/mol. The normalized spacial score (nSPS) is 12.3. The fourth-order valence-corrected chi connectivity index (χ4v) is 2.63. The smallest absolute Gasteiger partial charge is 0.207 e. The average Bonchev–Trinajstić information content (AvgIpc) is 2.60. The molecule has 134 valence electrons. The summed E-state index contributed by atoms with van der Waals surface area (Å²) in [5, 5.41) is 2.92. The summed E-state index contributed by atoms with van der Waals surface area (Å²) in [5.41, 5.74) is 2.16. The van der Waals surface area contributed by atoms with Gasteiger partial charge in [0.1, 0.15) is 6.61 Å². The van der Waals surface area contributed by atoms with E-state index < -0.39 is 0 Å². The van der Waals surface area contributed by atoms with Crippen LogP contribution < -0.4 is 14.8 Å². The van der Waals surface area contributed by atoms with Crippen LogP contribution in [0, 0.1) is 5.41 Å². The predicted molar refractivity (Wildman–Crippen MR) is 99.9 cm³/mol. The minimum Gasteiger partial charge on any atom is -0.493 e. The van der Waals surface area contributed by atoms with Crippen LogP contribution in [0.4, 0.5) is 0 Å². The van der Waals surface area contributed by atoms with Gasteiger partial charge < -0.3 is 14.8 Å². The van der Waals surface area contributed by atoms with E-state index in [1.54, 1.807) is 7.11 Å². The first-order valence-corrected chi connectivity index (χ1v) is 8.47. The van der Waals surface area contributed by atoms with Gasteiger partial charge in [-0.2, -0.15) is 0 Å². The van der Waals surface area contributed by atoms with E-state index >= 15 is 0 Å². The second-order valence-electron chi connectivity index (χ2n) is 7.17. The molecule has 4 nitrogen and oxygen atoms in total. The molecule has 0 aromatic heterocycles. The molecule has 0 aliphatic rings. The van der Waals surface area contributed by atoms with Crippen molar-refractivity contribution < 1.29 is 14.3 Å². The fourth-order valence-electron chi connectivity index (χ4n) is 2.63. The summed E-state index contributed by atoms with van der Waals surface area (Å²) in [7, 11) is 1.64. The number of methoxy groups -OCH3 is 1. The molecule has 0 unspecified atom stereocenters. The second-order valence-corrected chi connectivity index (χ2v) is 7.17. The van der Waals surface area contributed by atoms with Gasteiger partial charge in [0.2, 0.25) is 6.41 Å². The van der Waals surface area contributed by atoms with E-state index in [-0.39, 0.29) is 11.5 Å². The Hall–Kier alpha value is -2.49. The molecule has 4 heteroatoms. The van der Waals surface area contributed by atoms with Gasteiger partial charge in [-0.25, -0.2) is 0 Å². The zero-order chi connectivity index (χ0) is 18.3. The molecule has 0 heterocycles. The third-order valence-corrected chi connectivity index (χ3v) is 4.22. The van der Waals surface area contributed by atoms with Gasteiger partial charge in [-0.3, -0.25) is 4.79 Å². The van der Waals surface area contributed by atoms with Crippen LogP contribution in [0.3, 0.4) is 0 Å². The van der Waals surface area contributed by atoms with Gasteiger partial charge in [0.05, 0.1) is 7.11 Å². The first-order valence-electron chi connectivity index (χ1n) is 8.47. The van der Waals surface area contributed by atoms with Crippen molar-refractivity contribution in [3.63, 3.8) is 0 Å². The molecule has 0 fully saturated rings. The Balaban J connectivity index is 2.16. The van der Waals surface area contributed by atoms with Gasteiger partial charge in [0.15, 0.2) is 11.5 Å². The van der Waals surface area contributed by atoms with Gasteiger partial charge in [-0.1, -0.05) is 57.2 Å². The second kappa shape index (κ2) is 8.56. The summed E-state index contributed by atoms with van der Waals surface area (Å²) >= 11 is 0. The van der Waals surface area contributed by atoms with Gasteiger partial charge in [0.25, 0.3) is 0 Å². The van der Waals surface area contributed by atoms with Crippen LogP contribution in [0.2, 0.25) is 0 Å². The quantitative estimate of drug-likeness (QED) is 0.739. The van der Waals surface area contributed by atoms with E-state index in [4.69, 9.17) is 9.47 Å². The van der Waals surface area contributed by atoms with E-state index in [0.29, 0.717) is 18.1 Å². The molecule has 1 atom stereocenters. The highest BCUT2D eigenvalue weighted by atomic mass is 16.5. The number of benzene rings is 2. The number of carbonyl (C=O) groups excluding carboxylic acids is 1. The van der Waals surface area contributed by atoms with Crippen LogP contribution in [0.1, 0.15) is 31.9 Å². The van der Waals surface area contributed by atoms with Gasteiger partial charge in [0, 0.05) is 6.04 Å². The van der Waals surface area contributed by atoms with Crippen LogP contribution in [-0.2, 0) is 17.8 Å². The lowest BCUT2D eigenvalue weighted by molar-refractivity contribution is -0.110. The molecule has 0 spiro atoms. The number of hydrogen-bond donors (Lipinski definition) is 1. The summed E-state index contributed by atoms with van der Waals surface area (Å²) < 4.78 is 11.4. The molecule has 1 N–H and O–H groups in total. The highest BCUT2D eigenvalue weighted by Crippen LogP contribution is 2.31. The molecule has 25 heavy (non-hydrogen) atoms. The maximum absolute atomic E-state index is 10.9. The predicted octanol–water partition coefficient (Wildman–Crippen LogP) is 3.98. The van der Waals surface area contributed by atoms with E-state index in [2.05, 4.69) is 26.1 Å². The van der Waals surface area contributed by atoms with Crippen molar-refractivity contribution in [2.45, 2.75) is 39.8 Å². The zero-order valence-electron chi connectivity index (χ0n) is 15.4. The van der Waals surface area contributed by atoms with E-state index in [1.165, 1.54) is 0 Å². The summed E-state index contributed by atoms with van der Waals surface area (Å²) in [6.07, 6.45) is 1.50. The van der Waals surface area contributed by atoms with Crippen LogP contribution in [-0.4, -0.2) is 19.6 Å². The van der Waals surface area contributed by atoms with Crippen molar-refractivity contribution in [1.29, 1.82) is 0 Å². The number of rotatable bonds is 8. The first-order chi connectivity index (χ1) is 11.9. The molecule has 0 saturated carbocycles. The largest absolute Gasteiger partial charge is 0.493 e. The highest BCUT2D eigenvalue weighted by molar-refractivity contribution is 5.48. The lowest BCUT2D eigenvalue weighted by Crippen LogP contribution is -2.41. The van der Waals surface area contributed by atoms with Crippen LogP contribution >= 0.6 is 0 Å². The Bertz CT molecular complexity index is 677. The summed E-state index contributed by atoms with van der Waals surface area (Å²) in [6.45, 7) is 6.83. The van der Waals surface area contributed by atoms with Gasteiger partial charge in [-0.05, 0) is 35.1 Å². The molecule has 2 aromatic carbocycles. The van der Waals surface area contributed by atoms with Crippen molar-refractivity contribution in [1.82, 2.24) is 5.32 Å². The number of hydrogen-bond acceptors (Lipinski definition) is 3. The van der Waals surface area contributed by atoms with Crippen molar-refractivity contribution in [2.75, 3.05) is 7.11 Å². The Kier molecular flexibility index (Phi) is 6.45. The minimum atomic E-state index is -0.0358. The maximum atomic E-state index is 10.9. The third-order valence-electron chi connectivity index (χ3n) is 4.22. The molecular formula is C21H27NO3. The van der Waals surface area contributed by atoms with Crippen molar-refractivity contribution in [3.8, 4) is 11.5 Å². The lowest BCUT2D eigenvalue weighted by atomic mass is 9.83. The van der Waals surface area contributed by atoms with Crippen LogP contribution in [0.25, 0.3) is 0 Å². The number of amides is 1. The molecule has 0 aliphatic carbocycles. The summed E-state index contributed by atoms with van der Waals surface area (Å²) in [5.74, 6) is 1.41. The van der Waals surface area contributed by atoms with Gasteiger partial charge in [-0.15, -0.1) is 0 Å². The van der Waals surface area contributed by atoms with Crippen molar-refractivity contribution in [3.05, 3.63) is 59.7 Å². The Morgan fingerprint density at radius 1 is 1.04 bits per heavy atom. The monoisotopic (exact) mass is 341 g/mol. The SMILES string of the molecule is COc1ccc(C[C@H](NC=O)C(C)(C)C)cc1OCc1ccccc1. The lowest BCUT2D eigenvalue weighted by Gasteiger charge is -2.30. The summed E-state index contributed by atoms with van der Waals surface area (Å²) in [6, 6.07) is 16.0. The van der Waals surface area contributed by atoms with Gasteiger partial charge >= 0.3 is 0 Å². The van der Waals surface area contributed by atoms with E-state index in [0.717, 1.165) is 24.0 Å². The fraction of sp³-hybridized carbons (Fsp3) is 0.381. The zero-order valence-corrected chi connectivity index (χ0v) is 15.4. The van der Waals surface area contributed by atoms with Crippen molar-refractivity contribution >= 4 is 6.41 Å². The number of ether oxygens (including phenoxy) is 2. The molecule has 2 aromatic rings. The topological polar surface area (TPSA) is 47.6 Å². The Morgan fingerprint density at radius 3 is 2.36 bits per heavy atom. The molecule has 0 aliphatic heterocycles. The number of carbonyl (C=O) groups is 1.